The number of hydrogen-bond donors (Lipinski definition) is 1. The second-order valence-electron chi connectivity index (χ2n) is 6.40. The summed E-state index contributed by atoms with van der Waals surface area (Å²) in [6.45, 7) is 11.5. The van der Waals surface area contributed by atoms with Gasteiger partial charge in [-0.3, -0.25) is 0 Å². The third-order valence-electron chi connectivity index (χ3n) is 4.04. The number of likely N-dealkylation sites (tertiary alicyclic amines) is 1. The van der Waals surface area contributed by atoms with Crippen molar-refractivity contribution in [2.75, 3.05) is 26.7 Å². The van der Waals surface area contributed by atoms with Gasteiger partial charge in [0.1, 0.15) is 0 Å². The Kier molecular flexibility index (Phi) is 6.00. The Morgan fingerprint density at radius 1 is 1.45 bits per heavy atom. The summed E-state index contributed by atoms with van der Waals surface area (Å²) in [6, 6.07) is 0. The molecule has 0 amide bonds. The average molecular weight is 295 g/mol. The zero-order valence-electron chi connectivity index (χ0n) is 13.4. The van der Waals surface area contributed by atoms with Crippen LogP contribution in [0.5, 0.6) is 0 Å². The average Bonchev–Trinajstić information content (AvgIpc) is 2.80. The second-order valence-corrected chi connectivity index (χ2v) is 7.57. The van der Waals surface area contributed by atoms with Gasteiger partial charge in [0.25, 0.3) is 0 Å². The fourth-order valence-corrected chi connectivity index (χ4v) is 4.23. The van der Waals surface area contributed by atoms with Crippen LogP contribution in [0.2, 0.25) is 0 Å². The summed E-state index contributed by atoms with van der Waals surface area (Å²) in [6.07, 6.45) is 3.87. The molecule has 1 aliphatic heterocycles. The van der Waals surface area contributed by atoms with E-state index in [0.29, 0.717) is 5.92 Å². The van der Waals surface area contributed by atoms with E-state index in [4.69, 9.17) is 4.98 Å². The van der Waals surface area contributed by atoms with E-state index in [2.05, 4.69) is 31.0 Å². The SMILES string of the molecule is CNCc1sc(CCN2CCCC(C)C2)nc1C(C)C. The van der Waals surface area contributed by atoms with Crippen LogP contribution in [0.3, 0.4) is 0 Å². The lowest BCUT2D eigenvalue weighted by molar-refractivity contribution is 0.186. The zero-order valence-corrected chi connectivity index (χ0v) is 14.2. The van der Waals surface area contributed by atoms with Gasteiger partial charge in [0.05, 0.1) is 10.7 Å². The smallest absolute Gasteiger partial charge is 0.0944 e. The van der Waals surface area contributed by atoms with E-state index in [0.717, 1.165) is 18.9 Å². The predicted molar refractivity (Wildman–Crippen MR) is 87.5 cm³/mol. The van der Waals surface area contributed by atoms with Crippen LogP contribution in [0.15, 0.2) is 0 Å². The van der Waals surface area contributed by atoms with E-state index in [1.165, 1.54) is 48.1 Å². The van der Waals surface area contributed by atoms with Gasteiger partial charge in [-0.1, -0.05) is 20.8 Å². The monoisotopic (exact) mass is 295 g/mol. The molecule has 20 heavy (non-hydrogen) atoms. The third-order valence-corrected chi connectivity index (χ3v) is 5.17. The summed E-state index contributed by atoms with van der Waals surface area (Å²) < 4.78 is 0. The van der Waals surface area contributed by atoms with Crippen LogP contribution in [0, 0.1) is 5.92 Å². The van der Waals surface area contributed by atoms with Crippen molar-refractivity contribution in [2.24, 2.45) is 5.92 Å². The summed E-state index contributed by atoms with van der Waals surface area (Å²) in [4.78, 5) is 8.92. The van der Waals surface area contributed by atoms with E-state index in [-0.39, 0.29) is 0 Å². The molecule has 0 aromatic carbocycles. The predicted octanol–water partition coefficient (Wildman–Crippen LogP) is 3.26. The molecule has 0 radical (unpaired) electrons. The summed E-state index contributed by atoms with van der Waals surface area (Å²) in [7, 11) is 2.01. The Bertz CT molecular complexity index is 414. The van der Waals surface area contributed by atoms with Crippen LogP contribution >= 0.6 is 11.3 Å². The Hall–Kier alpha value is -0.450. The highest BCUT2D eigenvalue weighted by atomic mass is 32.1. The fraction of sp³-hybridized carbons (Fsp3) is 0.812. The molecule has 1 aromatic rings. The van der Waals surface area contributed by atoms with Gasteiger partial charge in [-0.05, 0) is 38.3 Å². The molecular formula is C16H29N3S. The first-order chi connectivity index (χ1) is 9.60. The highest BCUT2D eigenvalue weighted by Gasteiger charge is 2.18. The maximum absolute atomic E-state index is 4.88. The molecule has 0 spiro atoms. The van der Waals surface area contributed by atoms with Crippen LogP contribution in [-0.4, -0.2) is 36.6 Å². The molecule has 1 fully saturated rings. The number of nitrogens with zero attached hydrogens (tertiary/aromatic N) is 2. The Balaban J connectivity index is 1.93. The molecule has 1 atom stereocenters. The van der Waals surface area contributed by atoms with Gasteiger partial charge in [0.2, 0.25) is 0 Å². The van der Waals surface area contributed by atoms with Gasteiger partial charge < -0.3 is 10.2 Å². The second kappa shape index (κ2) is 7.53. The van der Waals surface area contributed by atoms with Crippen molar-refractivity contribution in [3.05, 3.63) is 15.6 Å². The quantitative estimate of drug-likeness (QED) is 0.873. The first-order valence-corrected chi connectivity index (χ1v) is 8.77. The van der Waals surface area contributed by atoms with E-state index >= 15 is 0 Å². The van der Waals surface area contributed by atoms with Crippen molar-refractivity contribution < 1.29 is 0 Å². The number of thiazole rings is 1. The minimum atomic E-state index is 0.526. The lowest BCUT2D eigenvalue weighted by Crippen LogP contribution is -2.35. The Morgan fingerprint density at radius 3 is 2.90 bits per heavy atom. The van der Waals surface area contributed by atoms with Gasteiger partial charge >= 0.3 is 0 Å². The highest BCUT2D eigenvalue weighted by molar-refractivity contribution is 7.11. The molecule has 0 aliphatic carbocycles. The van der Waals surface area contributed by atoms with Gasteiger partial charge in [-0.25, -0.2) is 4.98 Å². The summed E-state index contributed by atoms with van der Waals surface area (Å²) in [5, 5.41) is 4.58. The summed E-state index contributed by atoms with van der Waals surface area (Å²) >= 11 is 1.90. The van der Waals surface area contributed by atoms with Crippen LogP contribution in [-0.2, 0) is 13.0 Å². The van der Waals surface area contributed by atoms with Crippen LogP contribution in [0.4, 0.5) is 0 Å². The first-order valence-electron chi connectivity index (χ1n) is 7.95. The molecule has 0 bridgehead atoms. The first kappa shape index (κ1) is 15.9. The minimum Gasteiger partial charge on any atom is -0.315 e. The molecule has 2 rings (SSSR count). The molecule has 1 aliphatic rings. The van der Waals surface area contributed by atoms with Crippen molar-refractivity contribution in [3.63, 3.8) is 0 Å². The van der Waals surface area contributed by atoms with Crippen molar-refractivity contribution in [3.8, 4) is 0 Å². The molecule has 2 heterocycles. The fourth-order valence-electron chi connectivity index (χ4n) is 3.00. The number of hydrogen-bond acceptors (Lipinski definition) is 4. The van der Waals surface area contributed by atoms with Gasteiger partial charge in [0.15, 0.2) is 0 Å². The molecule has 4 heteroatoms. The molecule has 1 aromatic heterocycles. The Labute approximate surface area is 127 Å². The van der Waals surface area contributed by atoms with Crippen LogP contribution < -0.4 is 5.32 Å². The van der Waals surface area contributed by atoms with E-state index < -0.39 is 0 Å². The number of rotatable bonds is 6. The van der Waals surface area contributed by atoms with Crippen LogP contribution in [0.25, 0.3) is 0 Å². The van der Waals surface area contributed by atoms with E-state index in [1.807, 2.05) is 18.4 Å². The van der Waals surface area contributed by atoms with E-state index in [1.54, 1.807) is 0 Å². The Morgan fingerprint density at radius 2 is 2.25 bits per heavy atom. The summed E-state index contributed by atoms with van der Waals surface area (Å²) in [5.41, 5.74) is 1.30. The normalized spacial score (nSPS) is 20.8. The zero-order chi connectivity index (χ0) is 14.5. The lowest BCUT2D eigenvalue weighted by Gasteiger charge is -2.30. The standard InChI is InChI=1S/C16H29N3S/c1-12(2)16-14(10-17-4)20-15(18-16)7-9-19-8-5-6-13(3)11-19/h12-13,17H,5-11H2,1-4H3. The molecule has 1 saturated heterocycles. The van der Waals surface area contributed by atoms with Gasteiger partial charge in [0, 0.05) is 30.9 Å². The van der Waals surface area contributed by atoms with Crippen molar-refractivity contribution in [2.45, 2.75) is 52.5 Å². The van der Waals surface area contributed by atoms with Crippen LogP contribution in [0.1, 0.15) is 55.1 Å². The lowest BCUT2D eigenvalue weighted by atomic mass is 10.0. The largest absolute Gasteiger partial charge is 0.315 e. The number of piperidine rings is 1. The van der Waals surface area contributed by atoms with Gasteiger partial charge in [-0.2, -0.15) is 0 Å². The highest BCUT2D eigenvalue weighted by Crippen LogP contribution is 2.26. The van der Waals surface area contributed by atoms with Gasteiger partial charge in [-0.15, -0.1) is 11.3 Å². The van der Waals surface area contributed by atoms with Crippen molar-refractivity contribution in [1.29, 1.82) is 0 Å². The molecule has 114 valence electrons. The molecule has 1 N–H and O–H groups in total. The topological polar surface area (TPSA) is 28.2 Å². The molecule has 3 nitrogen and oxygen atoms in total. The maximum atomic E-state index is 4.88. The number of nitrogens with one attached hydrogen (secondary N) is 1. The molecule has 0 saturated carbocycles. The minimum absolute atomic E-state index is 0.526. The summed E-state index contributed by atoms with van der Waals surface area (Å²) in [5.74, 6) is 1.39. The van der Waals surface area contributed by atoms with E-state index in [9.17, 15) is 0 Å². The van der Waals surface area contributed by atoms with Crippen molar-refractivity contribution >= 4 is 11.3 Å². The number of aromatic nitrogens is 1. The molecular weight excluding hydrogens is 266 g/mol. The van der Waals surface area contributed by atoms with Crippen molar-refractivity contribution in [1.82, 2.24) is 15.2 Å². The molecule has 1 unspecified atom stereocenters. The maximum Gasteiger partial charge on any atom is 0.0944 e. The third kappa shape index (κ3) is 4.27.